The average Bonchev–Trinajstić information content (AvgIpc) is 2.94. The fraction of sp³-hybridized carbons (Fsp3) is 0.312. The molecule has 0 aliphatic carbocycles. The summed E-state index contributed by atoms with van der Waals surface area (Å²) in [5.74, 6) is 0.131. The molecule has 40 heavy (non-hydrogen) atoms. The summed E-state index contributed by atoms with van der Waals surface area (Å²) < 4.78 is 6.81. The van der Waals surface area contributed by atoms with Crippen LogP contribution in [-0.4, -0.2) is 33.3 Å². The number of carbonyl (C=O) groups is 1. The van der Waals surface area contributed by atoms with Crippen LogP contribution in [0.3, 0.4) is 0 Å². The van der Waals surface area contributed by atoms with Crippen LogP contribution < -0.4 is 20.9 Å². The van der Waals surface area contributed by atoms with E-state index in [0.717, 1.165) is 50.2 Å². The first-order chi connectivity index (χ1) is 19.1. The molecule has 4 aromatic rings. The van der Waals surface area contributed by atoms with Crippen molar-refractivity contribution in [2.45, 2.75) is 53.1 Å². The third-order valence-corrected chi connectivity index (χ3v) is 7.51. The fourth-order valence-electron chi connectivity index (χ4n) is 4.53. The van der Waals surface area contributed by atoms with E-state index in [1.165, 1.54) is 19.3 Å². The maximum Gasteiger partial charge on any atom is 0.279 e. The van der Waals surface area contributed by atoms with Crippen LogP contribution in [0, 0.1) is 13.8 Å². The number of rotatable bonds is 9. The molecule has 0 atom stereocenters. The molecule has 0 unspecified atom stereocenters. The predicted molar refractivity (Wildman–Crippen MR) is 160 cm³/mol. The molecule has 2 aromatic carbocycles. The molecule has 0 bridgehead atoms. The second-order valence-corrected chi connectivity index (χ2v) is 10.5. The summed E-state index contributed by atoms with van der Waals surface area (Å²) in [6, 6.07) is 17.4. The Labute approximate surface area is 235 Å². The summed E-state index contributed by atoms with van der Waals surface area (Å²) in [5, 5.41) is 10.4. The molecule has 8 nitrogen and oxygen atoms in total. The number of hydrogen-bond donors (Lipinski definition) is 2. The first-order valence-corrected chi connectivity index (χ1v) is 13.4. The van der Waals surface area contributed by atoms with Gasteiger partial charge in [-0.1, -0.05) is 43.3 Å². The number of nitrogens with zero attached hydrogens (tertiary/aromatic N) is 3. The van der Waals surface area contributed by atoms with E-state index >= 15 is 0 Å². The zero-order valence-corrected chi connectivity index (χ0v) is 24.3. The van der Waals surface area contributed by atoms with Crippen molar-refractivity contribution in [2.24, 2.45) is 7.05 Å². The zero-order valence-electron chi connectivity index (χ0n) is 24.3. The molecule has 8 heteroatoms. The van der Waals surface area contributed by atoms with Crippen LogP contribution in [0.5, 0.6) is 5.88 Å². The Balaban J connectivity index is 1.66. The molecule has 4 rings (SSSR count). The lowest BCUT2D eigenvalue weighted by molar-refractivity contribution is 0.102. The molecule has 0 aliphatic heterocycles. The molecule has 0 aliphatic rings. The standard InChI is InChI=1S/C32H37N5O3/c1-8-32(4,5)33-19-22-15-16-28(36-30(22)40-7)25-13-9-11-23(20(25)2)24-12-10-14-27(21(24)3)35-29(38)26-17-18-34-37(6)31(26)39/h9-18,33H,8,19H2,1-7H3,(H,35,38). The van der Waals surface area contributed by atoms with Crippen molar-refractivity contribution in [2.75, 3.05) is 12.4 Å². The number of aromatic nitrogens is 3. The molecule has 2 N–H and O–H groups in total. The lowest BCUT2D eigenvalue weighted by Gasteiger charge is -2.25. The van der Waals surface area contributed by atoms with Gasteiger partial charge < -0.3 is 15.4 Å². The highest BCUT2D eigenvalue weighted by atomic mass is 16.5. The minimum absolute atomic E-state index is 0.0218. The summed E-state index contributed by atoms with van der Waals surface area (Å²) in [5.41, 5.74) is 7.04. The van der Waals surface area contributed by atoms with Crippen molar-refractivity contribution in [3.63, 3.8) is 0 Å². The van der Waals surface area contributed by atoms with Gasteiger partial charge in [0.25, 0.3) is 11.5 Å². The number of amides is 1. The highest BCUT2D eigenvalue weighted by Crippen LogP contribution is 2.36. The summed E-state index contributed by atoms with van der Waals surface area (Å²) >= 11 is 0. The average molecular weight is 540 g/mol. The number of ether oxygens (including phenoxy) is 1. The third kappa shape index (κ3) is 5.97. The van der Waals surface area contributed by atoms with Crippen LogP contribution in [0.15, 0.2) is 65.6 Å². The van der Waals surface area contributed by atoms with E-state index in [1.807, 2.05) is 37.3 Å². The Morgan fingerprint density at radius 3 is 2.35 bits per heavy atom. The lowest BCUT2D eigenvalue weighted by atomic mass is 9.91. The Morgan fingerprint density at radius 1 is 0.975 bits per heavy atom. The smallest absolute Gasteiger partial charge is 0.279 e. The van der Waals surface area contributed by atoms with Crippen LogP contribution in [0.4, 0.5) is 5.69 Å². The third-order valence-electron chi connectivity index (χ3n) is 7.51. The van der Waals surface area contributed by atoms with Gasteiger partial charge in [-0.3, -0.25) is 9.59 Å². The normalized spacial score (nSPS) is 11.4. The summed E-state index contributed by atoms with van der Waals surface area (Å²) in [7, 11) is 3.16. The van der Waals surface area contributed by atoms with Crippen LogP contribution in [0.25, 0.3) is 22.4 Å². The summed E-state index contributed by atoms with van der Waals surface area (Å²) in [4.78, 5) is 30.2. The maximum atomic E-state index is 12.9. The highest BCUT2D eigenvalue weighted by molar-refractivity contribution is 6.04. The van der Waals surface area contributed by atoms with Crippen molar-refractivity contribution in [1.29, 1.82) is 0 Å². The largest absolute Gasteiger partial charge is 0.481 e. The van der Waals surface area contributed by atoms with Gasteiger partial charge in [-0.15, -0.1) is 0 Å². The minimum Gasteiger partial charge on any atom is -0.481 e. The molecule has 0 saturated carbocycles. The van der Waals surface area contributed by atoms with Crippen molar-refractivity contribution in [3.8, 4) is 28.3 Å². The van der Waals surface area contributed by atoms with Crippen molar-refractivity contribution >= 4 is 11.6 Å². The number of benzene rings is 2. The molecular weight excluding hydrogens is 502 g/mol. The lowest BCUT2D eigenvalue weighted by Crippen LogP contribution is -2.37. The van der Waals surface area contributed by atoms with Gasteiger partial charge >= 0.3 is 0 Å². The molecule has 0 spiro atoms. The van der Waals surface area contributed by atoms with Crippen LogP contribution >= 0.6 is 0 Å². The Morgan fingerprint density at radius 2 is 1.65 bits per heavy atom. The number of nitrogens with one attached hydrogen (secondary N) is 2. The molecule has 2 aromatic heterocycles. The van der Waals surface area contributed by atoms with E-state index in [2.05, 4.69) is 61.6 Å². The second-order valence-electron chi connectivity index (χ2n) is 10.5. The molecule has 208 valence electrons. The van der Waals surface area contributed by atoms with E-state index in [0.29, 0.717) is 18.1 Å². The SMILES string of the molecule is CCC(C)(C)NCc1ccc(-c2cccc(-c3cccc(NC(=O)c4ccnn(C)c4=O)c3C)c2C)nc1OC. The number of hydrogen-bond acceptors (Lipinski definition) is 6. The Kier molecular flexibility index (Phi) is 8.49. The molecule has 0 saturated heterocycles. The molecule has 0 fully saturated rings. The highest BCUT2D eigenvalue weighted by Gasteiger charge is 2.18. The van der Waals surface area contributed by atoms with Crippen molar-refractivity contribution in [3.05, 3.63) is 93.4 Å². The monoisotopic (exact) mass is 539 g/mol. The number of methoxy groups -OCH3 is 1. The van der Waals surface area contributed by atoms with Crippen LogP contribution in [-0.2, 0) is 13.6 Å². The maximum absolute atomic E-state index is 12.9. The molecule has 2 heterocycles. The molecule has 1 amide bonds. The Bertz CT molecular complexity index is 1610. The van der Waals surface area contributed by atoms with Gasteiger partial charge in [0.2, 0.25) is 5.88 Å². The first kappa shape index (κ1) is 28.7. The quantitative estimate of drug-likeness (QED) is 0.285. The van der Waals surface area contributed by atoms with Gasteiger partial charge in [0, 0.05) is 42.1 Å². The van der Waals surface area contributed by atoms with E-state index in [1.54, 1.807) is 7.11 Å². The second kappa shape index (κ2) is 11.8. The van der Waals surface area contributed by atoms with Crippen LogP contribution in [0.1, 0.15) is 54.2 Å². The van der Waals surface area contributed by atoms with Gasteiger partial charge in [-0.25, -0.2) is 9.67 Å². The first-order valence-electron chi connectivity index (χ1n) is 13.4. The van der Waals surface area contributed by atoms with Gasteiger partial charge in [0.15, 0.2) is 0 Å². The zero-order chi connectivity index (χ0) is 29.0. The van der Waals surface area contributed by atoms with E-state index in [4.69, 9.17) is 9.72 Å². The molecule has 0 radical (unpaired) electrons. The van der Waals surface area contributed by atoms with Crippen LogP contribution in [0.2, 0.25) is 0 Å². The predicted octanol–water partition coefficient (Wildman–Crippen LogP) is 5.67. The number of anilines is 1. The van der Waals surface area contributed by atoms with E-state index in [-0.39, 0.29) is 11.1 Å². The van der Waals surface area contributed by atoms with Crippen molar-refractivity contribution in [1.82, 2.24) is 20.1 Å². The number of pyridine rings is 1. The summed E-state index contributed by atoms with van der Waals surface area (Å²) in [6.07, 6.45) is 2.45. The van der Waals surface area contributed by atoms with Gasteiger partial charge in [0.1, 0.15) is 5.56 Å². The number of aryl methyl sites for hydroxylation is 1. The number of carbonyl (C=O) groups excluding carboxylic acids is 1. The van der Waals surface area contributed by atoms with Gasteiger partial charge in [-0.2, -0.15) is 5.10 Å². The Hall–Kier alpha value is -4.30. The fourth-order valence-corrected chi connectivity index (χ4v) is 4.53. The van der Waals surface area contributed by atoms with Gasteiger partial charge in [0.05, 0.1) is 12.8 Å². The van der Waals surface area contributed by atoms with E-state index < -0.39 is 11.5 Å². The summed E-state index contributed by atoms with van der Waals surface area (Å²) in [6.45, 7) is 11.2. The topological polar surface area (TPSA) is 98.1 Å². The van der Waals surface area contributed by atoms with Gasteiger partial charge in [-0.05, 0) is 74.6 Å². The van der Waals surface area contributed by atoms with E-state index in [9.17, 15) is 9.59 Å². The minimum atomic E-state index is -0.470. The van der Waals surface area contributed by atoms with Crippen molar-refractivity contribution < 1.29 is 9.53 Å². The molecular formula is C32H37N5O3.